The Morgan fingerprint density at radius 3 is 2.68 bits per heavy atom. The van der Waals surface area contributed by atoms with Gasteiger partial charge in [0.2, 0.25) is 0 Å². The number of rotatable bonds is 3. The molecule has 2 amide bonds. The molecule has 0 spiro atoms. The number of aryl methyl sites for hydroxylation is 1. The van der Waals surface area contributed by atoms with Crippen molar-refractivity contribution in [1.29, 1.82) is 0 Å². The summed E-state index contributed by atoms with van der Waals surface area (Å²) in [5.41, 5.74) is 0.918. The molecule has 0 radical (unpaired) electrons. The van der Waals surface area contributed by atoms with Gasteiger partial charge in [-0.25, -0.2) is 4.98 Å². The number of piperidine rings is 1. The van der Waals surface area contributed by atoms with Crippen molar-refractivity contribution in [3.05, 3.63) is 45.4 Å². The number of carbonyl (C=O) groups is 2. The number of aromatic nitrogens is 3. The van der Waals surface area contributed by atoms with Gasteiger partial charge in [-0.3, -0.25) is 14.3 Å². The third-order valence-electron chi connectivity index (χ3n) is 4.12. The zero-order valence-corrected chi connectivity index (χ0v) is 15.9. The first-order valence-corrected chi connectivity index (χ1v) is 9.01. The molecule has 3 rings (SSSR count). The van der Waals surface area contributed by atoms with Crippen molar-refractivity contribution in [2.45, 2.75) is 18.9 Å². The van der Waals surface area contributed by atoms with Crippen LogP contribution in [0.15, 0.2) is 29.1 Å². The number of hydrogen-bond acceptors (Lipinski definition) is 4. The number of likely N-dealkylation sites (tertiary alicyclic amines) is 1. The molecule has 132 valence electrons. The number of amides is 2. The maximum absolute atomic E-state index is 12.6. The molecule has 3 heterocycles. The van der Waals surface area contributed by atoms with Crippen LogP contribution in [0.5, 0.6) is 0 Å². The molecule has 1 saturated heterocycles. The molecular formula is C16H17BrClN5O2. The third kappa shape index (κ3) is 4.19. The summed E-state index contributed by atoms with van der Waals surface area (Å²) in [4.78, 5) is 30.5. The summed E-state index contributed by atoms with van der Waals surface area (Å²) in [6.07, 6.45) is 6.15. The van der Waals surface area contributed by atoms with Crippen LogP contribution >= 0.6 is 27.5 Å². The summed E-state index contributed by atoms with van der Waals surface area (Å²) in [5, 5.41) is 7.18. The van der Waals surface area contributed by atoms with Crippen LogP contribution in [-0.2, 0) is 7.05 Å². The second-order valence-corrected chi connectivity index (χ2v) is 7.21. The summed E-state index contributed by atoms with van der Waals surface area (Å²) in [6, 6.07) is 1.71. The predicted octanol–water partition coefficient (Wildman–Crippen LogP) is 2.27. The molecule has 9 heteroatoms. The van der Waals surface area contributed by atoms with Crippen LogP contribution in [0.1, 0.15) is 33.6 Å². The van der Waals surface area contributed by atoms with E-state index in [-0.39, 0.29) is 23.0 Å². The van der Waals surface area contributed by atoms with E-state index in [0.29, 0.717) is 41.5 Å². The SMILES string of the molecule is Cn1cc(C(=O)NC2CCN(C(=O)c3cc(Br)cnc3Cl)CC2)cn1. The number of nitrogens with zero attached hydrogens (tertiary/aromatic N) is 4. The van der Waals surface area contributed by atoms with Gasteiger partial charge in [0, 0.05) is 43.0 Å². The summed E-state index contributed by atoms with van der Waals surface area (Å²) in [7, 11) is 1.77. The average Bonchev–Trinajstić information content (AvgIpc) is 3.04. The zero-order chi connectivity index (χ0) is 18.0. The van der Waals surface area contributed by atoms with Gasteiger partial charge >= 0.3 is 0 Å². The Kier molecular flexibility index (Phi) is 5.39. The van der Waals surface area contributed by atoms with Crippen LogP contribution in [0, 0.1) is 0 Å². The third-order valence-corrected chi connectivity index (χ3v) is 4.86. The average molecular weight is 427 g/mol. The lowest BCUT2D eigenvalue weighted by Gasteiger charge is -2.32. The Balaban J connectivity index is 1.57. The molecule has 0 aromatic carbocycles. The molecule has 1 fully saturated rings. The van der Waals surface area contributed by atoms with E-state index >= 15 is 0 Å². The minimum absolute atomic E-state index is 0.0351. The fraction of sp³-hybridized carbons (Fsp3) is 0.375. The van der Waals surface area contributed by atoms with Gasteiger partial charge in [0.1, 0.15) is 5.15 Å². The van der Waals surface area contributed by atoms with Crippen molar-refractivity contribution in [2.24, 2.45) is 7.05 Å². The maximum atomic E-state index is 12.6. The number of carbonyl (C=O) groups excluding carboxylic acids is 2. The molecule has 0 saturated carbocycles. The van der Waals surface area contributed by atoms with E-state index in [0.717, 1.165) is 0 Å². The van der Waals surface area contributed by atoms with E-state index < -0.39 is 0 Å². The highest BCUT2D eigenvalue weighted by Crippen LogP contribution is 2.22. The topological polar surface area (TPSA) is 80.1 Å². The van der Waals surface area contributed by atoms with E-state index in [1.807, 2.05) is 0 Å². The van der Waals surface area contributed by atoms with Crippen molar-refractivity contribution in [3.63, 3.8) is 0 Å². The second kappa shape index (κ2) is 7.53. The minimum Gasteiger partial charge on any atom is -0.349 e. The summed E-state index contributed by atoms with van der Waals surface area (Å²) >= 11 is 9.34. The Bertz CT molecular complexity index is 802. The molecule has 0 unspecified atom stereocenters. The summed E-state index contributed by atoms with van der Waals surface area (Å²) in [5.74, 6) is -0.284. The van der Waals surface area contributed by atoms with E-state index in [9.17, 15) is 9.59 Å². The first kappa shape index (κ1) is 17.9. The van der Waals surface area contributed by atoms with Crippen LogP contribution in [0.2, 0.25) is 5.15 Å². The highest BCUT2D eigenvalue weighted by Gasteiger charge is 2.26. The normalized spacial score (nSPS) is 15.2. The minimum atomic E-state index is -0.143. The lowest BCUT2D eigenvalue weighted by atomic mass is 10.0. The van der Waals surface area contributed by atoms with Crippen LogP contribution < -0.4 is 5.32 Å². The lowest BCUT2D eigenvalue weighted by Crippen LogP contribution is -2.46. The van der Waals surface area contributed by atoms with Crippen LogP contribution in [0.3, 0.4) is 0 Å². The molecule has 25 heavy (non-hydrogen) atoms. The highest BCUT2D eigenvalue weighted by molar-refractivity contribution is 9.10. The fourth-order valence-electron chi connectivity index (χ4n) is 2.78. The van der Waals surface area contributed by atoms with Gasteiger partial charge in [-0.05, 0) is 34.8 Å². The Hall–Kier alpha value is -1.93. The molecular weight excluding hydrogens is 410 g/mol. The van der Waals surface area contributed by atoms with Crippen molar-refractivity contribution >= 4 is 39.3 Å². The molecule has 7 nitrogen and oxygen atoms in total. The molecule has 2 aromatic heterocycles. The van der Waals surface area contributed by atoms with Crippen molar-refractivity contribution in [3.8, 4) is 0 Å². The zero-order valence-electron chi connectivity index (χ0n) is 13.6. The van der Waals surface area contributed by atoms with Gasteiger partial charge in [-0.15, -0.1) is 0 Å². The Morgan fingerprint density at radius 1 is 1.32 bits per heavy atom. The molecule has 0 bridgehead atoms. The van der Waals surface area contributed by atoms with Gasteiger partial charge < -0.3 is 10.2 Å². The smallest absolute Gasteiger partial charge is 0.257 e. The summed E-state index contributed by atoms with van der Waals surface area (Å²) in [6.45, 7) is 1.11. The molecule has 1 aliphatic rings. The number of halogens is 2. The highest BCUT2D eigenvalue weighted by atomic mass is 79.9. The number of pyridine rings is 1. The van der Waals surface area contributed by atoms with Crippen molar-refractivity contribution in [2.75, 3.05) is 13.1 Å². The fourth-order valence-corrected chi connectivity index (χ4v) is 3.29. The van der Waals surface area contributed by atoms with Gasteiger partial charge in [-0.1, -0.05) is 11.6 Å². The maximum Gasteiger partial charge on any atom is 0.257 e. The molecule has 0 aliphatic carbocycles. The first-order valence-electron chi connectivity index (χ1n) is 7.84. The van der Waals surface area contributed by atoms with Gasteiger partial charge in [0.15, 0.2) is 0 Å². The van der Waals surface area contributed by atoms with Gasteiger partial charge in [-0.2, -0.15) is 5.10 Å². The first-order chi connectivity index (χ1) is 11.9. The van der Waals surface area contributed by atoms with E-state index in [1.165, 1.54) is 6.20 Å². The van der Waals surface area contributed by atoms with Crippen LogP contribution in [-0.4, -0.2) is 50.6 Å². The van der Waals surface area contributed by atoms with Crippen LogP contribution in [0.25, 0.3) is 0 Å². The second-order valence-electron chi connectivity index (χ2n) is 5.93. The lowest BCUT2D eigenvalue weighted by molar-refractivity contribution is 0.0698. The number of hydrogen-bond donors (Lipinski definition) is 1. The largest absolute Gasteiger partial charge is 0.349 e. The van der Waals surface area contributed by atoms with Gasteiger partial charge in [0.05, 0.1) is 17.3 Å². The van der Waals surface area contributed by atoms with E-state index in [2.05, 4.69) is 31.3 Å². The predicted molar refractivity (Wildman–Crippen MR) is 96.5 cm³/mol. The molecule has 0 atom stereocenters. The van der Waals surface area contributed by atoms with E-state index in [1.54, 1.807) is 35.1 Å². The molecule has 1 aliphatic heterocycles. The standard InChI is InChI=1S/C16H17BrClN5O2/c1-22-9-10(7-20-22)15(24)21-12-2-4-23(5-3-12)16(25)13-6-11(17)8-19-14(13)18/h6-9,12H,2-5H2,1H3,(H,21,24). The Labute approximate surface area is 158 Å². The Morgan fingerprint density at radius 2 is 2.04 bits per heavy atom. The molecule has 2 aromatic rings. The van der Waals surface area contributed by atoms with Gasteiger partial charge in [0.25, 0.3) is 11.8 Å². The summed E-state index contributed by atoms with van der Waals surface area (Å²) < 4.78 is 2.30. The van der Waals surface area contributed by atoms with E-state index in [4.69, 9.17) is 11.6 Å². The number of nitrogens with one attached hydrogen (secondary N) is 1. The molecule has 1 N–H and O–H groups in total. The quantitative estimate of drug-likeness (QED) is 0.764. The monoisotopic (exact) mass is 425 g/mol. The van der Waals surface area contributed by atoms with Crippen molar-refractivity contribution in [1.82, 2.24) is 25.0 Å². The van der Waals surface area contributed by atoms with Crippen LogP contribution in [0.4, 0.5) is 0 Å². The van der Waals surface area contributed by atoms with Crippen molar-refractivity contribution < 1.29 is 9.59 Å².